The summed E-state index contributed by atoms with van der Waals surface area (Å²) in [4.78, 5) is 12.4. The molecule has 2 aliphatic rings. The largest absolute Gasteiger partial charge is 0.497 e. The molecule has 10 heteroatoms. The zero-order valence-electron chi connectivity index (χ0n) is 21.7. The lowest BCUT2D eigenvalue weighted by Gasteiger charge is -2.40. The molecule has 8 nitrogen and oxygen atoms in total. The third-order valence-corrected chi connectivity index (χ3v) is 9.21. The predicted molar refractivity (Wildman–Crippen MR) is 143 cm³/mol. The van der Waals surface area contributed by atoms with Crippen LogP contribution in [0.25, 0.3) is 11.1 Å². The van der Waals surface area contributed by atoms with Crippen LogP contribution in [0.2, 0.25) is 0 Å². The third-order valence-electron chi connectivity index (χ3n) is 7.43. The SMILES string of the molecule is COc1cc(F)cc(-c2ccc3c(c2)N(S(=O)(=O)c2cccc(C)c2)C[C@H](CC2(C(=O)O)CCOCC2)O3)c1. The summed E-state index contributed by atoms with van der Waals surface area (Å²) in [6.45, 7) is 2.38. The molecular weight excluding hydrogens is 525 g/mol. The highest BCUT2D eigenvalue weighted by molar-refractivity contribution is 7.92. The molecular formula is C29H30FNO7S. The molecule has 1 fully saturated rings. The zero-order valence-corrected chi connectivity index (χ0v) is 22.5. The Balaban J connectivity index is 1.59. The topological polar surface area (TPSA) is 102 Å². The van der Waals surface area contributed by atoms with Crippen molar-refractivity contribution in [1.29, 1.82) is 0 Å². The summed E-state index contributed by atoms with van der Waals surface area (Å²) in [5.74, 6) is -0.789. The van der Waals surface area contributed by atoms with E-state index in [0.29, 0.717) is 54.4 Å². The number of sulfonamides is 1. The van der Waals surface area contributed by atoms with Crippen LogP contribution >= 0.6 is 0 Å². The lowest BCUT2D eigenvalue weighted by molar-refractivity contribution is -0.157. The van der Waals surface area contributed by atoms with E-state index in [9.17, 15) is 22.7 Å². The van der Waals surface area contributed by atoms with E-state index < -0.39 is 33.3 Å². The van der Waals surface area contributed by atoms with Crippen molar-refractivity contribution < 1.29 is 36.9 Å². The van der Waals surface area contributed by atoms with Gasteiger partial charge in [-0.2, -0.15) is 0 Å². The third kappa shape index (κ3) is 5.31. The van der Waals surface area contributed by atoms with E-state index in [0.717, 1.165) is 5.56 Å². The molecule has 1 saturated heterocycles. The van der Waals surface area contributed by atoms with Crippen molar-refractivity contribution in [2.24, 2.45) is 5.41 Å². The number of carboxylic acids is 1. The second-order valence-electron chi connectivity index (χ2n) is 10.1. The van der Waals surface area contributed by atoms with Gasteiger partial charge < -0.3 is 19.3 Å². The van der Waals surface area contributed by atoms with Crippen LogP contribution in [-0.2, 0) is 19.6 Å². The number of hydrogen-bond donors (Lipinski definition) is 1. The van der Waals surface area contributed by atoms with Gasteiger partial charge in [0.05, 0.1) is 29.7 Å². The maximum Gasteiger partial charge on any atom is 0.309 e. The number of aryl methyl sites for hydroxylation is 1. The van der Waals surface area contributed by atoms with Crippen molar-refractivity contribution in [3.63, 3.8) is 0 Å². The molecule has 2 aliphatic heterocycles. The van der Waals surface area contributed by atoms with Crippen molar-refractivity contribution in [1.82, 2.24) is 0 Å². The van der Waals surface area contributed by atoms with Crippen LogP contribution in [-0.4, -0.2) is 52.5 Å². The molecule has 1 atom stereocenters. The first-order chi connectivity index (χ1) is 18.6. The van der Waals surface area contributed by atoms with E-state index in [2.05, 4.69) is 0 Å². The van der Waals surface area contributed by atoms with Crippen LogP contribution in [0.15, 0.2) is 65.6 Å². The maximum atomic E-state index is 14.3. The molecule has 0 radical (unpaired) electrons. The summed E-state index contributed by atoms with van der Waals surface area (Å²) in [6, 6.07) is 15.9. The Kier molecular flexibility index (Phi) is 7.26. The van der Waals surface area contributed by atoms with E-state index >= 15 is 0 Å². The van der Waals surface area contributed by atoms with Gasteiger partial charge in [-0.15, -0.1) is 0 Å². The molecule has 0 saturated carbocycles. The van der Waals surface area contributed by atoms with Gasteiger partial charge in [0.25, 0.3) is 10.0 Å². The van der Waals surface area contributed by atoms with Crippen LogP contribution in [0.4, 0.5) is 10.1 Å². The molecule has 39 heavy (non-hydrogen) atoms. The maximum absolute atomic E-state index is 14.3. The van der Waals surface area contributed by atoms with Gasteiger partial charge in [0.1, 0.15) is 23.4 Å². The summed E-state index contributed by atoms with van der Waals surface area (Å²) in [5, 5.41) is 10.1. The number of nitrogens with zero attached hydrogens (tertiary/aromatic N) is 1. The lowest BCUT2D eigenvalue weighted by atomic mass is 9.75. The Morgan fingerprint density at radius 2 is 1.87 bits per heavy atom. The van der Waals surface area contributed by atoms with Crippen molar-refractivity contribution in [3.8, 4) is 22.6 Å². The highest BCUT2D eigenvalue weighted by Gasteiger charge is 2.45. The van der Waals surface area contributed by atoms with E-state index in [1.54, 1.807) is 36.4 Å². The van der Waals surface area contributed by atoms with Gasteiger partial charge in [0, 0.05) is 25.7 Å². The Morgan fingerprint density at radius 1 is 1.10 bits per heavy atom. The summed E-state index contributed by atoms with van der Waals surface area (Å²) in [6.07, 6.45) is 0.0693. The number of anilines is 1. The molecule has 0 unspecified atom stereocenters. The number of fused-ring (bicyclic) bond motifs is 1. The quantitative estimate of drug-likeness (QED) is 0.436. The first kappa shape index (κ1) is 27.0. The number of carbonyl (C=O) groups is 1. The number of halogens is 1. The van der Waals surface area contributed by atoms with E-state index in [-0.39, 0.29) is 17.9 Å². The molecule has 206 valence electrons. The number of rotatable bonds is 7. The first-order valence-corrected chi connectivity index (χ1v) is 14.1. The summed E-state index contributed by atoms with van der Waals surface area (Å²) >= 11 is 0. The number of ether oxygens (including phenoxy) is 3. The Hall–Kier alpha value is -3.63. The molecule has 2 heterocycles. The van der Waals surface area contributed by atoms with E-state index in [1.165, 1.54) is 29.6 Å². The van der Waals surface area contributed by atoms with Gasteiger partial charge in [-0.25, -0.2) is 12.8 Å². The normalized spacial score (nSPS) is 18.6. The summed E-state index contributed by atoms with van der Waals surface area (Å²) in [7, 11) is -2.61. The lowest BCUT2D eigenvalue weighted by Crippen LogP contribution is -2.48. The number of aliphatic carboxylic acids is 1. The van der Waals surface area contributed by atoms with Crippen LogP contribution in [0.1, 0.15) is 24.8 Å². The fourth-order valence-corrected chi connectivity index (χ4v) is 6.88. The summed E-state index contributed by atoms with van der Waals surface area (Å²) < 4.78 is 60.4. The van der Waals surface area contributed by atoms with Gasteiger partial charge in [-0.05, 0) is 72.9 Å². The smallest absolute Gasteiger partial charge is 0.309 e. The minimum atomic E-state index is -4.05. The molecule has 0 aromatic heterocycles. The average molecular weight is 556 g/mol. The molecule has 0 spiro atoms. The highest BCUT2D eigenvalue weighted by atomic mass is 32.2. The standard InChI is InChI=1S/C29H30FNO7S/c1-19-4-3-5-25(12-19)39(34,35)31-18-24(17-29(28(32)33)8-10-37-11-9-29)38-27-7-6-20(15-26(27)31)21-13-22(30)16-23(14-21)36-2/h3-7,12-16,24H,8-11,17-18H2,1-2H3,(H,32,33)/t24-/m0/s1. The first-order valence-electron chi connectivity index (χ1n) is 12.7. The van der Waals surface area contributed by atoms with Crippen LogP contribution in [0.3, 0.4) is 0 Å². The van der Waals surface area contributed by atoms with Crippen LogP contribution < -0.4 is 13.8 Å². The number of carboxylic acid groups (broad SMARTS) is 1. The molecule has 0 aliphatic carbocycles. The monoisotopic (exact) mass is 555 g/mol. The fraction of sp³-hybridized carbons (Fsp3) is 0.345. The predicted octanol–water partition coefficient (Wildman–Crippen LogP) is 5.04. The molecule has 3 aromatic rings. The van der Waals surface area contributed by atoms with Crippen molar-refractivity contribution in [3.05, 3.63) is 72.0 Å². The van der Waals surface area contributed by atoms with Crippen LogP contribution in [0, 0.1) is 18.2 Å². The molecule has 0 amide bonds. The minimum Gasteiger partial charge on any atom is -0.497 e. The van der Waals surface area contributed by atoms with Crippen molar-refractivity contribution >= 4 is 21.7 Å². The Bertz CT molecular complexity index is 1500. The number of benzene rings is 3. The Morgan fingerprint density at radius 3 is 2.56 bits per heavy atom. The fourth-order valence-electron chi connectivity index (χ4n) is 5.28. The zero-order chi connectivity index (χ0) is 27.8. The van der Waals surface area contributed by atoms with Gasteiger partial charge in [0.15, 0.2) is 0 Å². The molecule has 5 rings (SSSR count). The van der Waals surface area contributed by atoms with E-state index in [4.69, 9.17) is 14.2 Å². The second-order valence-corrected chi connectivity index (χ2v) is 11.9. The van der Waals surface area contributed by atoms with Crippen molar-refractivity contribution in [2.75, 3.05) is 31.2 Å². The average Bonchev–Trinajstić information content (AvgIpc) is 2.92. The highest BCUT2D eigenvalue weighted by Crippen LogP contribution is 2.44. The molecule has 3 aromatic carbocycles. The van der Waals surface area contributed by atoms with Crippen molar-refractivity contribution in [2.45, 2.75) is 37.2 Å². The summed E-state index contributed by atoms with van der Waals surface area (Å²) in [5.41, 5.74) is 1.09. The molecule has 1 N–H and O–H groups in total. The minimum absolute atomic E-state index is 0.0743. The van der Waals surface area contributed by atoms with Gasteiger partial charge in [0.2, 0.25) is 0 Å². The van der Waals surface area contributed by atoms with Gasteiger partial charge in [-0.1, -0.05) is 18.2 Å². The molecule has 0 bridgehead atoms. The van der Waals surface area contributed by atoms with Gasteiger partial charge in [-0.3, -0.25) is 9.10 Å². The number of methoxy groups -OCH3 is 1. The second kappa shape index (κ2) is 10.5. The van der Waals surface area contributed by atoms with Gasteiger partial charge >= 0.3 is 5.97 Å². The number of hydrogen-bond acceptors (Lipinski definition) is 6. The Labute approximate surface area is 227 Å². The van der Waals surface area contributed by atoms with E-state index in [1.807, 2.05) is 13.0 Å². The van der Waals surface area contributed by atoms with Crippen LogP contribution in [0.5, 0.6) is 11.5 Å².